The standard InChI is InChI=1S/C23H26ClN7O2/c1-33-20-4-3-16(24)11-17(20)21-19(13-28-31(21)14-15-5-8-25-9-6-15)29-23(32)18-12-27-30-10-2-7-26-22(18)30/h2-4,7,10-13,15,23,25,29,32H,5-6,8-9,14H2,1H3. The average Bonchev–Trinajstić information content (AvgIpc) is 3.44. The zero-order chi connectivity index (χ0) is 22.8. The van der Waals surface area contributed by atoms with Crippen LogP contribution < -0.4 is 15.4 Å². The summed E-state index contributed by atoms with van der Waals surface area (Å²) in [7, 11) is 1.63. The van der Waals surface area contributed by atoms with Crippen LogP contribution in [0.25, 0.3) is 16.9 Å². The van der Waals surface area contributed by atoms with Gasteiger partial charge in [-0.15, -0.1) is 0 Å². The number of aromatic nitrogens is 5. The molecule has 0 amide bonds. The Labute approximate surface area is 196 Å². The van der Waals surface area contributed by atoms with Gasteiger partial charge in [0.05, 0.1) is 36.4 Å². The van der Waals surface area contributed by atoms with Crippen molar-refractivity contribution in [3.63, 3.8) is 0 Å². The Kier molecular flexibility index (Phi) is 6.17. The molecule has 33 heavy (non-hydrogen) atoms. The van der Waals surface area contributed by atoms with Crippen molar-refractivity contribution in [2.24, 2.45) is 5.92 Å². The van der Waals surface area contributed by atoms with Gasteiger partial charge in [0.1, 0.15) is 5.75 Å². The van der Waals surface area contributed by atoms with E-state index in [4.69, 9.17) is 16.3 Å². The zero-order valence-electron chi connectivity index (χ0n) is 18.3. The lowest BCUT2D eigenvalue weighted by atomic mass is 9.98. The molecule has 1 fully saturated rings. The highest BCUT2D eigenvalue weighted by Gasteiger charge is 2.24. The Hall–Kier alpha value is -3.14. The van der Waals surface area contributed by atoms with Crippen molar-refractivity contribution in [3.05, 3.63) is 59.6 Å². The van der Waals surface area contributed by atoms with E-state index in [0.29, 0.717) is 33.6 Å². The summed E-state index contributed by atoms with van der Waals surface area (Å²) < 4.78 is 9.24. The van der Waals surface area contributed by atoms with Gasteiger partial charge in [-0.2, -0.15) is 10.2 Å². The van der Waals surface area contributed by atoms with E-state index in [2.05, 4.69) is 25.8 Å². The third-order valence-electron chi connectivity index (χ3n) is 6.04. The number of fused-ring (bicyclic) bond motifs is 1. The second-order valence-electron chi connectivity index (χ2n) is 8.16. The fraction of sp³-hybridized carbons (Fsp3) is 0.348. The molecule has 1 saturated heterocycles. The molecule has 0 spiro atoms. The summed E-state index contributed by atoms with van der Waals surface area (Å²) >= 11 is 6.36. The molecule has 4 heterocycles. The summed E-state index contributed by atoms with van der Waals surface area (Å²) in [5.74, 6) is 1.19. The van der Waals surface area contributed by atoms with Crippen LogP contribution in [0.4, 0.5) is 5.69 Å². The van der Waals surface area contributed by atoms with Crippen LogP contribution in [0.15, 0.2) is 49.1 Å². The van der Waals surface area contributed by atoms with Gasteiger partial charge in [0.2, 0.25) is 0 Å². The number of anilines is 1. The van der Waals surface area contributed by atoms with Gasteiger partial charge in [-0.25, -0.2) is 9.50 Å². The van der Waals surface area contributed by atoms with E-state index >= 15 is 0 Å². The molecule has 4 aromatic rings. The molecule has 0 aliphatic carbocycles. The predicted octanol–water partition coefficient (Wildman–Crippen LogP) is 3.36. The summed E-state index contributed by atoms with van der Waals surface area (Å²) in [4.78, 5) is 4.34. The molecule has 1 aromatic carbocycles. The van der Waals surface area contributed by atoms with Crippen LogP contribution in [-0.2, 0) is 6.54 Å². The monoisotopic (exact) mass is 467 g/mol. The van der Waals surface area contributed by atoms with Crippen LogP contribution in [0.1, 0.15) is 24.6 Å². The number of aliphatic hydroxyl groups excluding tert-OH is 1. The number of rotatable bonds is 7. The summed E-state index contributed by atoms with van der Waals surface area (Å²) in [6.45, 7) is 2.78. The first-order valence-electron chi connectivity index (χ1n) is 11.0. The number of aliphatic hydroxyl groups is 1. The molecule has 1 unspecified atom stereocenters. The van der Waals surface area contributed by atoms with Gasteiger partial charge in [0.15, 0.2) is 11.9 Å². The Morgan fingerprint density at radius 2 is 2.12 bits per heavy atom. The molecular weight excluding hydrogens is 442 g/mol. The van der Waals surface area contributed by atoms with Gasteiger partial charge < -0.3 is 20.5 Å². The maximum atomic E-state index is 11.0. The first-order chi connectivity index (χ1) is 16.1. The molecule has 9 nitrogen and oxygen atoms in total. The lowest BCUT2D eigenvalue weighted by molar-refractivity contribution is 0.209. The Bertz CT molecular complexity index is 1250. The van der Waals surface area contributed by atoms with E-state index in [1.165, 1.54) is 0 Å². The highest BCUT2D eigenvalue weighted by atomic mass is 35.5. The van der Waals surface area contributed by atoms with Crippen molar-refractivity contribution in [1.29, 1.82) is 0 Å². The van der Waals surface area contributed by atoms with E-state index in [0.717, 1.165) is 43.7 Å². The summed E-state index contributed by atoms with van der Waals surface area (Å²) in [6, 6.07) is 7.29. The first-order valence-corrected chi connectivity index (χ1v) is 11.3. The molecule has 10 heteroatoms. The van der Waals surface area contributed by atoms with Crippen molar-refractivity contribution in [2.45, 2.75) is 25.6 Å². The largest absolute Gasteiger partial charge is 0.496 e. The number of nitrogens with one attached hydrogen (secondary N) is 2. The van der Waals surface area contributed by atoms with E-state index in [-0.39, 0.29) is 0 Å². The quantitative estimate of drug-likeness (QED) is 0.358. The summed E-state index contributed by atoms with van der Waals surface area (Å²) in [5, 5.41) is 27.2. The number of methoxy groups -OCH3 is 1. The molecule has 0 bridgehead atoms. The molecule has 0 radical (unpaired) electrons. The summed E-state index contributed by atoms with van der Waals surface area (Å²) in [5.41, 5.74) is 3.46. The van der Waals surface area contributed by atoms with Gasteiger partial charge in [0, 0.05) is 29.5 Å². The Morgan fingerprint density at radius 1 is 1.27 bits per heavy atom. The average molecular weight is 468 g/mol. The number of nitrogens with zero attached hydrogens (tertiary/aromatic N) is 5. The minimum Gasteiger partial charge on any atom is -0.496 e. The molecule has 3 aromatic heterocycles. The first kappa shape index (κ1) is 21.7. The summed E-state index contributed by atoms with van der Waals surface area (Å²) in [6.07, 6.45) is 7.96. The van der Waals surface area contributed by atoms with E-state index in [1.54, 1.807) is 48.5 Å². The van der Waals surface area contributed by atoms with Crippen molar-refractivity contribution in [1.82, 2.24) is 29.7 Å². The number of hydrogen-bond donors (Lipinski definition) is 3. The van der Waals surface area contributed by atoms with Crippen LogP contribution in [0, 0.1) is 5.92 Å². The second-order valence-corrected chi connectivity index (χ2v) is 8.60. The maximum absolute atomic E-state index is 11.0. The van der Waals surface area contributed by atoms with Crippen molar-refractivity contribution in [2.75, 3.05) is 25.5 Å². The van der Waals surface area contributed by atoms with E-state index in [9.17, 15) is 5.11 Å². The Balaban J connectivity index is 1.53. The molecule has 0 saturated carbocycles. The number of piperidine rings is 1. The van der Waals surface area contributed by atoms with Gasteiger partial charge in [-0.1, -0.05) is 11.6 Å². The fourth-order valence-electron chi connectivity index (χ4n) is 4.35. The zero-order valence-corrected chi connectivity index (χ0v) is 19.0. The Morgan fingerprint density at radius 3 is 2.94 bits per heavy atom. The van der Waals surface area contributed by atoms with Crippen LogP contribution in [0.2, 0.25) is 5.02 Å². The third-order valence-corrected chi connectivity index (χ3v) is 6.27. The topological polar surface area (TPSA) is 102 Å². The highest BCUT2D eigenvalue weighted by Crippen LogP contribution is 2.38. The smallest absolute Gasteiger partial charge is 0.162 e. The van der Waals surface area contributed by atoms with Crippen LogP contribution >= 0.6 is 11.6 Å². The van der Waals surface area contributed by atoms with Gasteiger partial charge in [-0.05, 0) is 56.1 Å². The van der Waals surface area contributed by atoms with Crippen LogP contribution in [0.5, 0.6) is 5.75 Å². The normalized spacial score (nSPS) is 15.6. The van der Waals surface area contributed by atoms with Crippen molar-refractivity contribution >= 4 is 22.9 Å². The number of halogens is 1. The van der Waals surface area contributed by atoms with Crippen LogP contribution in [0.3, 0.4) is 0 Å². The van der Waals surface area contributed by atoms with Crippen molar-refractivity contribution in [3.8, 4) is 17.0 Å². The third kappa shape index (κ3) is 4.39. The molecule has 1 aliphatic heterocycles. The molecule has 1 aliphatic rings. The number of ether oxygens (including phenoxy) is 1. The molecule has 172 valence electrons. The number of hydrogen-bond acceptors (Lipinski definition) is 7. The van der Waals surface area contributed by atoms with Gasteiger partial charge in [-0.3, -0.25) is 4.68 Å². The molecule has 1 atom stereocenters. The molecule has 5 rings (SSSR count). The fourth-order valence-corrected chi connectivity index (χ4v) is 4.52. The molecule has 3 N–H and O–H groups in total. The highest BCUT2D eigenvalue weighted by molar-refractivity contribution is 6.31. The second kappa shape index (κ2) is 9.38. The number of benzene rings is 1. The van der Waals surface area contributed by atoms with Gasteiger partial charge in [0.25, 0.3) is 0 Å². The van der Waals surface area contributed by atoms with Crippen LogP contribution in [-0.4, -0.2) is 49.7 Å². The predicted molar refractivity (Wildman–Crippen MR) is 126 cm³/mol. The maximum Gasteiger partial charge on any atom is 0.162 e. The van der Waals surface area contributed by atoms with Gasteiger partial charge >= 0.3 is 0 Å². The minimum absolute atomic E-state index is 0.511. The lowest BCUT2D eigenvalue weighted by Gasteiger charge is -2.24. The van der Waals surface area contributed by atoms with E-state index in [1.807, 2.05) is 16.8 Å². The lowest BCUT2D eigenvalue weighted by Crippen LogP contribution is -2.30. The van der Waals surface area contributed by atoms with Crippen molar-refractivity contribution < 1.29 is 9.84 Å². The molecular formula is C23H26ClN7O2. The van der Waals surface area contributed by atoms with E-state index < -0.39 is 6.23 Å². The SMILES string of the molecule is COc1ccc(Cl)cc1-c1c(NC(O)c2cnn3cccnc23)cnn1CC1CCNCC1. The minimum atomic E-state index is -1.03.